The van der Waals surface area contributed by atoms with Gasteiger partial charge in [0.15, 0.2) is 5.96 Å². The number of hydrogen-bond donors (Lipinski definition) is 7. The van der Waals surface area contributed by atoms with Gasteiger partial charge in [0.05, 0.1) is 6.54 Å². The van der Waals surface area contributed by atoms with E-state index in [2.05, 4.69) is 20.9 Å². The minimum Gasteiger partial charge on any atom is -0.480 e. The molecule has 1 heterocycles. The Labute approximate surface area is 204 Å². The molecule has 0 bridgehead atoms. The largest absolute Gasteiger partial charge is 0.480 e. The van der Waals surface area contributed by atoms with E-state index >= 15 is 0 Å². The molecule has 0 aliphatic carbocycles. The molecule has 4 amide bonds. The van der Waals surface area contributed by atoms with E-state index in [9.17, 15) is 24.0 Å². The summed E-state index contributed by atoms with van der Waals surface area (Å²) in [6.45, 7) is 3.43. The number of carbonyl (C=O) groups is 5. The summed E-state index contributed by atoms with van der Waals surface area (Å²) in [5.74, 6) is -3.34. The highest BCUT2D eigenvalue weighted by Crippen LogP contribution is 2.20. The molecule has 0 aromatic carbocycles. The number of carboxylic acid groups (broad SMARTS) is 1. The number of aliphatic carboxylic acids is 1. The number of nitrogens with two attached hydrogens (primary N) is 3. The van der Waals surface area contributed by atoms with Gasteiger partial charge >= 0.3 is 5.97 Å². The minimum absolute atomic E-state index is 0.0701. The first-order chi connectivity index (χ1) is 16.5. The average molecular weight is 499 g/mol. The predicted octanol–water partition coefficient (Wildman–Crippen LogP) is -2.79. The summed E-state index contributed by atoms with van der Waals surface area (Å²) in [4.78, 5) is 66.8. The van der Waals surface area contributed by atoms with Crippen LogP contribution >= 0.6 is 0 Å². The van der Waals surface area contributed by atoms with E-state index in [-0.39, 0.29) is 37.9 Å². The minimum atomic E-state index is -1.20. The van der Waals surface area contributed by atoms with Crippen LogP contribution in [-0.4, -0.2) is 89.9 Å². The fourth-order valence-electron chi connectivity index (χ4n) is 3.77. The summed E-state index contributed by atoms with van der Waals surface area (Å²) < 4.78 is 0. The highest BCUT2D eigenvalue weighted by Gasteiger charge is 2.38. The third-order valence-corrected chi connectivity index (χ3v) is 5.36. The molecule has 14 nitrogen and oxygen atoms in total. The Hall–Kier alpha value is -3.42. The van der Waals surface area contributed by atoms with E-state index in [0.717, 1.165) is 0 Å². The molecule has 1 saturated heterocycles. The number of likely N-dealkylation sites (tertiary alicyclic amines) is 1. The summed E-state index contributed by atoms with van der Waals surface area (Å²) in [5, 5.41) is 16.4. The molecular weight excluding hydrogens is 460 g/mol. The van der Waals surface area contributed by atoms with Gasteiger partial charge in [-0.15, -0.1) is 0 Å². The molecule has 3 unspecified atom stereocenters. The molecule has 0 aromatic rings. The number of carboxylic acids is 1. The van der Waals surface area contributed by atoms with E-state index in [4.69, 9.17) is 22.3 Å². The molecule has 198 valence electrons. The van der Waals surface area contributed by atoms with Gasteiger partial charge in [-0.1, -0.05) is 13.8 Å². The van der Waals surface area contributed by atoms with Crippen LogP contribution in [0, 0.1) is 5.92 Å². The number of nitrogens with one attached hydrogen (secondary N) is 3. The van der Waals surface area contributed by atoms with Crippen molar-refractivity contribution in [3.8, 4) is 0 Å². The Morgan fingerprint density at radius 3 is 2.37 bits per heavy atom. The maximum Gasteiger partial charge on any atom is 0.322 e. The molecule has 1 fully saturated rings. The molecule has 14 heteroatoms. The second-order valence-electron chi connectivity index (χ2n) is 8.76. The second kappa shape index (κ2) is 14.8. The van der Waals surface area contributed by atoms with Gasteiger partial charge in [0.1, 0.15) is 24.7 Å². The van der Waals surface area contributed by atoms with Gasteiger partial charge in [-0.3, -0.25) is 29.0 Å². The molecule has 10 N–H and O–H groups in total. The number of nitrogens with zero attached hydrogens (tertiary/aromatic N) is 2. The maximum absolute atomic E-state index is 13.4. The number of rotatable bonds is 14. The van der Waals surface area contributed by atoms with Crippen molar-refractivity contribution in [2.75, 3.05) is 26.2 Å². The van der Waals surface area contributed by atoms with Crippen molar-refractivity contribution in [1.82, 2.24) is 20.9 Å². The van der Waals surface area contributed by atoms with Crippen LogP contribution in [0.5, 0.6) is 0 Å². The van der Waals surface area contributed by atoms with Crippen molar-refractivity contribution in [1.29, 1.82) is 0 Å². The molecule has 1 aliphatic heterocycles. The molecule has 3 atom stereocenters. The van der Waals surface area contributed by atoms with Gasteiger partial charge in [-0.2, -0.15) is 0 Å². The zero-order valence-electron chi connectivity index (χ0n) is 20.3. The lowest BCUT2D eigenvalue weighted by atomic mass is 10.0. The molecular formula is C21H38N8O6. The van der Waals surface area contributed by atoms with E-state index in [0.29, 0.717) is 25.7 Å². The maximum atomic E-state index is 13.4. The van der Waals surface area contributed by atoms with Crippen molar-refractivity contribution >= 4 is 35.6 Å². The van der Waals surface area contributed by atoms with Crippen molar-refractivity contribution in [3.63, 3.8) is 0 Å². The Bertz CT molecular complexity index is 799. The van der Waals surface area contributed by atoms with Gasteiger partial charge in [-0.25, -0.2) is 0 Å². The van der Waals surface area contributed by atoms with Gasteiger partial charge < -0.3 is 43.2 Å². The van der Waals surface area contributed by atoms with E-state index in [1.54, 1.807) is 0 Å². The SMILES string of the molecule is CC(C)CC(NC(=O)CN)C(=O)NC(CCCN=C(N)N)C(=O)N1CCCC1C(=O)NCC(=O)O. The van der Waals surface area contributed by atoms with Crippen LogP contribution in [0.2, 0.25) is 0 Å². The van der Waals surface area contributed by atoms with E-state index < -0.39 is 54.3 Å². The second-order valence-corrected chi connectivity index (χ2v) is 8.76. The van der Waals surface area contributed by atoms with Gasteiger partial charge in [0.2, 0.25) is 23.6 Å². The Morgan fingerprint density at radius 1 is 1.11 bits per heavy atom. The van der Waals surface area contributed by atoms with Crippen LogP contribution < -0.4 is 33.2 Å². The third kappa shape index (κ3) is 10.6. The highest BCUT2D eigenvalue weighted by atomic mass is 16.4. The number of guanidine groups is 1. The lowest BCUT2D eigenvalue weighted by molar-refractivity contribution is -0.143. The number of amides is 4. The highest BCUT2D eigenvalue weighted by molar-refractivity contribution is 5.95. The Balaban J connectivity index is 3.04. The molecule has 0 radical (unpaired) electrons. The molecule has 1 rings (SSSR count). The van der Waals surface area contributed by atoms with Crippen LogP contribution in [0.1, 0.15) is 46.0 Å². The molecule has 0 spiro atoms. The van der Waals surface area contributed by atoms with E-state index in [1.807, 2.05) is 13.8 Å². The summed E-state index contributed by atoms with van der Waals surface area (Å²) >= 11 is 0. The molecule has 0 saturated carbocycles. The Morgan fingerprint density at radius 2 is 1.80 bits per heavy atom. The third-order valence-electron chi connectivity index (χ3n) is 5.36. The van der Waals surface area contributed by atoms with Crippen molar-refractivity contribution < 1.29 is 29.1 Å². The van der Waals surface area contributed by atoms with Crippen molar-refractivity contribution in [2.24, 2.45) is 28.1 Å². The van der Waals surface area contributed by atoms with Gasteiger partial charge in [-0.05, 0) is 38.0 Å². The fourth-order valence-corrected chi connectivity index (χ4v) is 3.77. The first-order valence-electron chi connectivity index (χ1n) is 11.6. The molecule has 35 heavy (non-hydrogen) atoms. The summed E-state index contributed by atoms with van der Waals surface area (Å²) in [7, 11) is 0. The van der Waals surface area contributed by atoms with E-state index in [1.165, 1.54) is 4.90 Å². The lowest BCUT2D eigenvalue weighted by Gasteiger charge is -2.30. The van der Waals surface area contributed by atoms with Crippen LogP contribution in [0.3, 0.4) is 0 Å². The normalized spacial score (nSPS) is 16.8. The monoisotopic (exact) mass is 498 g/mol. The zero-order chi connectivity index (χ0) is 26.5. The van der Waals surface area contributed by atoms with Crippen LogP contribution in [0.25, 0.3) is 0 Å². The standard InChI is InChI=1S/C21H38N8O6/c1-12(2)9-14(27-16(30)10-22)18(33)28-13(5-3-7-25-21(23)24)20(35)29-8-4-6-15(29)19(34)26-11-17(31)32/h12-15H,3-11,22H2,1-2H3,(H,26,34)(H,27,30)(H,28,33)(H,31,32)(H4,23,24,25). The number of hydrogen-bond acceptors (Lipinski definition) is 7. The molecule has 1 aliphatic rings. The number of carbonyl (C=O) groups excluding carboxylic acids is 4. The summed E-state index contributed by atoms with van der Waals surface area (Å²) in [6, 6.07) is -2.75. The first-order valence-corrected chi connectivity index (χ1v) is 11.6. The summed E-state index contributed by atoms with van der Waals surface area (Å²) in [6.07, 6.45) is 1.79. The lowest BCUT2D eigenvalue weighted by Crippen LogP contribution is -2.57. The summed E-state index contributed by atoms with van der Waals surface area (Å²) in [5.41, 5.74) is 16.0. The smallest absolute Gasteiger partial charge is 0.322 e. The van der Waals surface area contributed by atoms with Crippen LogP contribution in [-0.2, 0) is 24.0 Å². The zero-order valence-corrected chi connectivity index (χ0v) is 20.3. The average Bonchev–Trinajstić information content (AvgIpc) is 3.27. The van der Waals surface area contributed by atoms with Crippen molar-refractivity contribution in [3.05, 3.63) is 0 Å². The predicted molar refractivity (Wildman–Crippen MR) is 128 cm³/mol. The Kier molecular flexibility index (Phi) is 12.5. The topological polar surface area (TPSA) is 235 Å². The fraction of sp³-hybridized carbons (Fsp3) is 0.714. The molecule has 0 aromatic heterocycles. The number of aliphatic imine (C=N–C) groups is 1. The van der Waals surface area contributed by atoms with Crippen LogP contribution in [0.15, 0.2) is 4.99 Å². The van der Waals surface area contributed by atoms with Gasteiger partial charge in [0.25, 0.3) is 0 Å². The van der Waals surface area contributed by atoms with Crippen LogP contribution in [0.4, 0.5) is 0 Å². The van der Waals surface area contributed by atoms with Crippen molar-refractivity contribution in [2.45, 2.75) is 64.1 Å². The first kappa shape index (κ1) is 29.6. The quantitative estimate of drug-likeness (QED) is 0.0743. The van der Waals surface area contributed by atoms with Gasteiger partial charge in [0, 0.05) is 13.1 Å².